The van der Waals surface area contributed by atoms with Gasteiger partial charge in [-0.25, -0.2) is 0 Å². The summed E-state index contributed by atoms with van der Waals surface area (Å²) in [4.78, 5) is 11.5. The molecule has 2 N–H and O–H groups in total. The summed E-state index contributed by atoms with van der Waals surface area (Å²) in [5.74, 6) is 0.00522. The summed E-state index contributed by atoms with van der Waals surface area (Å²) in [6.45, 7) is 6.27. The van der Waals surface area contributed by atoms with Gasteiger partial charge in [-0.3, -0.25) is 4.79 Å². The highest BCUT2D eigenvalue weighted by atomic mass is 16.3. The minimum absolute atomic E-state index is 0.00522. The van der Waals surface area contributed by atoms with Crippen LogP contribution in [0, 0.1) is 16.7 Å². The zero-order chi connectivity index (χ0) is 22.5. The normalized spacial score (nSPS) is 13.6. The molecule has 0 fully saturated rings. The van der Waals surface area contributed by atoms with E-state index in [-0.39, 0.29) is 24.0 Å². The molecule has 4 nitrogen and oxygen atoms in total. The first-order chi connectivity index (χ1) is 14.4. The van der Waals surface area contributed by atoms with E-state index < -0.39 is 0 Å². The highest BCUT2D eigenvalue weighted by Crippen LogP contribution is 2.25. The number of rotatable bonds is 17. The first-order valence-electron chi connectivity index (χ1n) is 11.3. The fourth-order valence-corrected chi connectivity index (χ4v) is 2.86. The Morgan fingerprint density at radius 3 is 2.20 bits per heavy atom. The highest BCUT2D eigenvalue weighted by Gasteiger charge is 2.12. The lowest BCUT2D eigenvalue weighted by molar-refractivity contribution is -0.122. The van der Waals surface area contributed by atoms with Gasteiger partial charge in [0.1, 0.15) is 0 Å². The lowest BCUT2D eigenvalue weighted by atomic mass is 9.86. The van der Waals surface area contributed by atoms with Crippen LogP contribution in [0.3, 0.4) is 0 Å². The zero-order valence-electron chi connectivity index (χ0n) is 19.3. The van der Waals surface area contributed by atoms with E-state index in [0.717, 1.165) is 51.4 Å². The van der Waals surface area contributed by atoms with Crippen LogP contribution in [0.1, 0.15) is 85.0 Å². The number of aliphatic hydroxyl groups excluding tert-OH is 1. The summed E-state index contributed by atoms with van der Waals surface area (Å²) in [6.07, 6.45) is 26.5. The van der Waals surface area contributed by atoms with Crippen LogP contribution in [-0.2, 0) is 4.79 Å². The van der Waals surface area contributed by atoms with E-state index in [1.165, 1.54) is 0 Å². The number of allylic oxidation sites excluding steroid dienone is 8. The summed E-state index contributed by atoms with van der Waals surface area (Å²) < 4.78 is 0. The molecule has 0 radical (unpaired) electrons. The second-order valence-electron chi connectivity index (χ2n) is 8.42. The maximum absolute atomic E-state index is 11.5. The van der Waals surface area contributed by atoms with Crippen molar-refractivity contribution in [3.8, 4) is 6.07 Å². The lowest BCUT2D eigenvalue weighted by Gasteiger charge is -2.19. The number of carbonyl (C=O) groups is 1. The molecule has 1 amide bonds. The number of nitrogens with one attached hydrogen (secondary N) is 1. The molecule has 0 spiro atoms. The number of nitrogens with zero attached hydrogens (tertiary/aromatic N) is 1. The Bertz CT molecular complexity index is 595. The van der Waals surface area contributed by atoms with E-state index in [4.69, 9.17) is 10.4 Å². The summed E-state index contributed by atoms with van der Waals surface area (Å²) in [5.41, 5.74) is 0.206. The van der Waals surface area contributed by atoms with Gasteiger partial charge in [-0.05, 0) is 57.3 Å². The van der Waals surface area contributed by atoms with E-state index >= 15 is 0 Å². The smallest absolute Gasteiger partial charge is 0.220 e. The van der Waals surface area contributed by atoms with Gasteiger partial charge in [-0.15, -0.1) is 0 Å². The van der Waals surface area contributed by atoms with Crippen LogP contribution in [-0.4, -0.2) is 23.7 Å². The standard InChI is InChI=1S/C26H42N2O2/c1-24(23-29)28-25(30)19-15-12-10-8-6-4-5-7-9-11-13-16-20-26(2,3)21-17-14-18-22-27/h4-5,8-11,16,20,24,29H,6-7,12-15,17-19,21,23H2,1-3H3,(H,28,30)/b5-4+,10-8+,11-9+,20-16+/t24-/m1/s1. The van der Waals surface area contributed by atoms with Crippen LogP contribution in [0.15, 0.2) is 48.6 Å². The predicted octanol–water partition coefficient (Wildman–Crippen LogP) is 6.16. The van der Waals surface area contributed by atoms with Crippen molar-refractivity contribution >= 4 is 5.91 Å². The number of carbonyl (C=O) groups excluding carboxylic acids is 1. The molecule has 0 aliphatic rings. The first-order valence-corrected chi connectivity index (χ1v) is 11.3. The molecule has 0 aromatic carbocycles. The fraction of sp³-hybridized carbons (Fsp3) is 0.615. The van der Waals surface area contributed by atoms with E-state index in [9.17, 15) is 4.79 Å². The molecular weight excluding hydrogens is 372 g/mol. The van der Waals surface area contributed by atoms with Crippen LogP contribution in [0.2, 0.25) is 0 Å². The average molecular weight is 415 g/mol. The second kappa shape index (κ2) is 18.9. The Labute approximate surface area is 184 Å². The maximum Gasteiger partial charge on any atom is 0.220 e. The van der Waals surface area contributed by atoms with Crippen LogP contribution in [0.25, 0.3) is 0 Å². The molecule has 30 heavy (non-hydrogen) atoms. The van der Waals surface area contributed by atoms with Gasteiger partial charge in [-0.2, -0.15) is 5.26 Å². The molecule has 0 saturated heterocycles. The summed E-state index contributed by atoms with van der Waals surface area (Å²) in [5, 5.41) is 20.2. The number of nitriles is 1. The largest absolute Gasteiger partial charge is 0.394 e. The molecule has 0 rings (SSSR count). The van der Waals surface area contributed by atoms with Crippen molar-refractivity contribution in [3.05, 3.63) is 48.6 Å². The predicted molar refractivity (Wildman–Crippen MR) is 127 cm³/mol. The first kappa shape index (κ1) is 27.9. The van der Waals surface area contributed by atoms with E-state index in [1.54, 1.807) is 6.92 Å². The molecule has 168 valence electrons. The van der Waals surface area contributed by atoms with Crippen molar-refractivity contribution in [2.75, 3.05) is 6.61 Å². The van der Waals surface area contributed by atoms with Gasteiger partial charge in [0.2, 0.25) is 5.91 Å². The molecule has 1 atom stereocenters. The molecule has 0 aromatic heterocycles. The van der Waals surface area contributed by atoms with Gasteiger partial charge in [0.25, 0.3) is 0 Å². The van der Waals surface area contributed by atoms with Crippen LogP contribution >= 0.6 is 0 Å². The molecular formula is C26H42N2O2. The van der Waals surface area contributed by atoms with Crippen molar-refractivity contribution < 1.29 is 9.90 Å². The highest BCUT2D eigenvalue weighted by molar-refractivity contribution is 5.76. The molecule has 4 heteroatoms. The Morgan fingerprint density at radius 1 is 1.00 bits per heavy atom. The number of unbranched alkanes of at least 4 members (excludes halogenated alkanes) is 3. The Balaban J connectivity index is 3.73. The fourth-order valence-electron chi connectivity index (χ4n) is 2.86. The number of amides is 1. The summed E-state index contributed by atoms with van der Waals surface area (Å²) >= 11 is 0. The average Bonchev–Trinajstić information content (AvgIpc) is 2.71. The molecule has 0 aromatic rings. The van der Waals surface area contributed by atoms with Gasteiger partial charge >= 0.3 is 0 Å². The minimum Gasteiger partial charge on any atom is -0.394 e. The Morgan fingerprint density at radius 2 is 1.60 bits per heavy atom. The van der Waals surface area contributed by atoms with Gasteiger partial charge in [0.05, 0.1) is 12.7 Å². The third-order valence-electron chi connectivity index (χ3n) is 4.70. The van der Waals surface area contributed by atoms with E-state index in [0.29, 0.717) is 12.8 Å². The van der Waals surface area contributed by atoms with Crippen LogP contribution in [0.5, 0.6) is 0 Å². The topological polar surface area (TPSA) is 73.1 Å². The van der Waals surface area contributed by atoms with E-state index in [1.807, 2.05) is 0 Å². The van der Waals surface area contributed by atoms with Gasteiger partial charge < -0.3 is 10.4 Å². The SMILES string of the molecule is C[C@H](CO)NC(=O)CCC/C=C/C/C=C/C/C=C/C/C=C/C(C)(C)CCCCC#N. The summed E-state index contributed by atoms with van der Waals surface area (Å²) in [7, 11) is 0. The van der Waals surface area contributed by atoms with Gasteiger partial charge in [-0.1, -0.05) is 68.9 Å². The van der Waals surface area contributed by atoms with Crippen molar-refractivity contribution in [3.63, 3.8) is 0 Å². The number of hydrogen-bond acceptors (Lipinski definition) is 3. The maximum atomic E-state index is 11.5. The van der Waals surface area contributed by atoms with Crippen molar-refractivity contribution in [1.82, 2.24) is 5.32 Å². The Kier molecular flexibility index (Phi) is 17.5. The zero-order valence-corrected chi connectivity index (χ0v) is 19.3. The quantitative estimate of drug-likeness (QED) is 0.221. The van der Waals surface area contributed by atoms with Gasteiger partial charge in [0.15, 0.2) is 0 Å². The third kappa shape index (κ3) is 19.2. The minimum atomic E-state index is -0.166. The van der Waals surface area contributed by atoms with Crippen molar-refractivity contribution in [2.45, 2.75) is 91.0 Å². The lowest BCUT2D eigenvalue weighted by Crippen LogP contribution is -2.34. The van der Waals surface area contributed by atoms with Crippen LogP contribution in [0.4, 0.5) is 0 Å². The van der Waals surface area contributed by atoms with Crippen molar-refractivity contribution in [1.29, 1.82) is 5.26 Å². The molecule has 0 heterocycles. The van der Waals surface area contributed by atoms with Crippen LogP contribution < -0.4 is 5.32 Å². The van der Waals surface area contributed by atoms with Crippen molar-refractivity contribution in [2.24, 2.45) is 5.41 Å². The monoisotopic (exact) mass is 414 g/mol. The third-order valence-corrected chi connectivity index (χ3v) is 4.70. The number of hydrogen-bond donors (Lipinski definition) is 2. The molecule has 0 aliphatic carbocycles. The summed E-state index contributed by atoms with van der Waals surface area (Å²) in [6, 6.07) is 2.04. The molecule has 0 aliphatic heterocycles. The Hall–Kier alpha value is -2.12. The molecule has 0 unspecified atom stereocenters. The van der Waals surface area contributed by atoms with Gasteiger partial charge in [0, 0.05) is 18.9 Å². The molecule has 0 bridgehead atoms. The molecule has 0 saturated carbocycles. The number of aliphatic hydroxyl groups is 1. The second-order valence-corrected chi connectivity index (χ2v) is 8.42. The van der Waals surface area contributed by atoms with E-state index in [2.05, 4.69) is 73.8 Å².